The third-order valence-electron chi connectivity index (χ3n) is 2.91. The maximum Gasteiger partial charge on any atom is 0.335 e. The van der Waals surface area contributed by atoms with Gasteiger partial charge in [0.2, 0.25) is 0 Å². The monoisotopic (exact) mass is 255 g/mol. The second-order valence-corrected chi connectivity index (χ2v) is 4.45. The van der Waals surface area contributed by atoms with E-state index in [1.54, 1.807) is 0 Å². The normalized spacial score (nSPS) is 11.6. The molecule has 0 aliphatic carbocycles. The van der Waals surface area contributed by atoms with Gasteiger partial charge in [0.05, 0.1) is 5.71 Å². The van der Waals surface area contributed by atoms with E-state index in [-0.39, 0.29) is 5.97 Å². The van der Waals surface area contributed by atoms with E-state index in [4.69, 9.17) is 4.84 Å². The van der Waals surface area contributed by atoms with E-state index in [9.17, 15) is 4.79 Å². The summed E-state index contributed by atoms with van der Waals surface area (Å²) < 4.78 is 0. The standard InChI is InChI=1S/C16H17NO2/c1-3-6-16(18)19-17-12(2)14-10-9-13-7-4-5-8-15(13)11-14/h4-5,7-11H,3,6H2,1-2H3/b17-12+. The molecular weight excluding hydrogens is 238 g/mol. The van der Waals surface area contributed by atoms with Gasteiger partial charge in [-0.15, -0.1) is 0 Å². The zero-order valence-electron chi connectivity index (χ0n) is 11.2. The van der Waals surface area contributed by atoms with Crippen LogP contribution < -0.4 is 0 Å². The molecule has 19 heavy (non-hydrogen) atoms. The quantitative estimate of drug-likeness (QED) is 0.472. The van der Waals surface area contributed by atoms with Crippen LogP contribution in [0.4, 0.5) is 0 Å². The first-order chi connectivity index (χ1) is 9.20. The fraction of sp³-hybridized carbons (Fsp3) is 0.250. The molecule has 0 radical (unpaired) electrons. The minimum absolute atomic E-state index is 0.289. The molecule has 0 heterocycles. The smallest absolute Gasteiger partial charge is 0.318 e. The predicted molar refractivity (Wildman–Crippen MR) is 77.2 cm³/mol. The second kappa shape index (κ2) is 6.14. The van der Waals surface area contributed by atoms with Gasteiger partial charge in [0, 0.05) is 6.42 Å². The zero-order valence-corrected chi connectivity index (χ0v) is 11.2. The summed E-state index contributed by atoms with van der Waals surface area (Å²) in [6.45, 7) is 3.77. The molecule has 3 heteroatoms. The average Bonchev–Trinajstić information content (AvgIpc) is 2.44. The van der Waals surface area contributed by atoms with Crippen LogP contribution in [0.3, 0.4) is 0 Å². The number of oxime groups is 1. The van der Waals surface area contributed by atoms with E-state index in [0.717, 1.165) is 17.4 Å². The Labute approximate surface area is 112 Å². The number of carbonyl (C=O) groups is 1. The highest BCUT2D eigenvalue weighted by Crippen LogP contribution is 2.16. The average molecular weight is 255 g/mol. The van der Waals surface area contributed by atoms with E-state index in [1.165, 1.54) is 5.39 Å². The second-order valence-electron chi connectivity index (χ2n) is 4.45. The van der Waals surface area contributed by atoms with Gasteiger partial charge in [-0.3, -0.25) is 0 Å². The van der Waals surface area contributed by atoms with Crippen molar-refractivity contribution < 1.29 is 9.63 Å². The Kier molecular flexibility index (Phi) is 4.29. The first-order valence-corrected chi connectivity index (χ1v) is 6.44. The van der Waals surface area contributed by atoms with Crippen LogP contribution in [0.2, 0.25) is 0 Å². The fourth-order valence-electron chi connectivity index (χ4n) is 1.84. The van der Waals surface area contributed by atoms with Crippen molar-refractivity contribution in [1.29, 1.82) is 0 Å². The summed E-state index contributed by atoms with van der Waals surface area (Å²) in [5.41, 5.74) is 1.67. The molecule has 2 aromatic rings. The third kappa shape index (κ3) is 3.41. The van der Waals surface area contributed by atoms with Gasteiger partial charge in [-0.2, -0.15) is 0 Å². The van der Waals surface area contributed by atoms with Crippen LogP contribution >= 0.6 is 0 Å². The van der Waals surface area contributed by atoms with E-state index >= 15 is 0 Å². The highest BCUT2D eigenvalue weighted by atomic mass is 16.7. The van der Waals surface area contributed by atoms with E-state index < -0.39 is 0 Å². The molecule has 0 fully saturated rings. The molecule has 0 aromatic heterocycles. The number of nitrogens with zero attached hydrogens (tertiary/aromatic N) is 1. The van der Waals surface area contributed by atoms with Crippen molar-refractivity contribution in [1.82, 2.24) is 0 Å². The topological polar surface area (TPSA) is 38.7 Å². The van der Waals surface area contributed by atoms with Crippen molar-refractivity contribution in [2.75, 3.05) is 0 Å². The summed E-state index contributed by atoms with van der Waals surface area (Å²) >= 11 is 0. The molecule has 2 rings (SSSR count). The summed E-state index contributed by atoms with van der Waals surface area (Å²) in [5.74, 6) is -0.289. The van der Waals surface area contributed by atoms with Crippen molar-refractivity contribution in [3.8, 4) is 0 Å². The molecule has 0 unspecified atom stereocenters. The van der Waals surface area contributed by atoms with Gasteiger partial charge < -0.3 is 4.84 Å². The molecule has 0 bridgehead atoms. The van der Waals surface area contributed by atoms with Crippen LogP contribution in [-0.2, 0) is 9.63 Å². The SMILES string of the molecule is CCCC(=O)O/N=C(\C)c1ccc2ccccc2c1. The van der Waals surface area contributed by atoms with Gasteiger partial charge in [-0.05, 0) is 35.7 Å². The van der Waals surface area contributed by atoms with Gasteiger partial charge >= 0.3 is 5.97 Å². The Hall–Kier alpha value is -2.16. The molecule has 98 valence electrons. The van der Waals surface area contributed by atoms with E-state index in [0.29, 0.717) is 12.1 Å². The molecule has 0 atom stereocenters. The van der Waals surface area contributed by atoms with Crippen molar-refractivity contribution in [3.05, 3.63) is 48.0 Å². The maximum absolute atomic E-state index is 11.3. The minimum Gasteiger partial charge on any atom is -0.318 e. The Bertz CT molecular complexity index is 617. The lowest BCUT2D eigenvalue weighted by Gasteiger charge is -2.03. The number of rotatable bonds is 4. The lowest BCUT2D eigenvalue weighted by atomic mass is 10.0. The van der Waals surface area contributed by atoms with Crippen LogP contribution in [0.1, 0.15) is 32.3 Å². The summed E-state index contributed by atoms with van der Waals surface area (Å²) in [5, 5.41) is 6.22. The van der Waals surface area contributed by atoms with E-state index in [2.05, 4.69) is 17.3 Å². The third-order valence-corrected chi connectivity index (χ3v) is 2.91. The van der Waals surface area contributed by atoms with Crippen LogP contribution in [0, 0.1) is 0 Å². The number of fused-ring (bicyclic) bond motifs is 1. The Morgan fingerprint density at radius 2 is 1.89 bits per heavy atom. The van der Waals surface area contributed by atoms with Crippen molar-refractivity contribution in [2.45, 2.75) is 26.7 Å². The highest BCUT2D eigenvalue weighted by Gasteiger charge is 2.03. The van der Waals surface area contributed by atoms with Crippen LogP contribution in [0.5, 0.6) is 0 Å². The summed E-state index contributed by atoms with van der Waals surface area (Å²) in [6.07, 6.45) is 1.16. The first-order valence-electron chi connectivity index (χ1n) is 6.44. The lowest BCUT2D eigenvalue weighted by molar-refractivity contribution is -0.143. The van der Waals surface area contributed by atoms with Crippen LogP contribution in [-0.4, -0.2) is 11.7 Å². The molecule has 0 amide bonds. The molecule has 0 aliphatic heterocycles. The predicted octanol–water partition coefficient (Wildman–Crippen LogP) is 3.91. The molecule has 0 saturated heterocycles. The van der Waals surface area contributed by atoms with E-state index in [1.807, 2.05) is 44.2 Å². The number of hydrogen-bond donors (Lipinski definition) is 0. The summed E-state index contributed by atoms with van der Waals surface area (Å²) in [6, 6.07) is 14.2. The summed E-state index contributed by atoms with van der Waals surface area (Å²) in [7, 11) is 0. The molecule has 0 saturated carbocycles. The molecule has 0 spiro atoms. The van der Waals surface area contributed by atoms with Crippen LogP contribution in [0.15, 0.2) is 47.6 Å². The van der Waals surface area contributed by atoms with Gasteiger partial charge in [0.15, 0.2) is 0 Å². The van der Waals surface area contributed by atoms with Crippen LogP contribution in [0.25, 0.3) is 10.8 Å². The number of hydrogen-bond acceptors (Lipinski definition) is 3. The Balaban J connectivity index is 2.19. The number of carbonyl (C=O) groups excluding carboxylic acids is 1. The van der Waals surface area contributed by atoms with Gasteiger partial charge in [-0.25, -0.2) is 4.79 Å². The molecule has 2 aromatic carbocycles. The fourth-order valence-corrected chi connectivity index (χ4v) is 1.84. The first kappa shape index (κ1) is 13.3. The molecule has 3 nitrogen and oxygen atoms in total. The molecule has 0 N–H and O–H groups in total. The Morgan fingerprint density at radius 1 is 1.16 bits per heavy atom. The van der Waals surface area contributed by atoms with Gasteiger partial charge in [0.25, 0.3) is 0 Å². The lowest BCUT2D eigenvalue weighted by Crippen LogP contribution is -2.02. The van der Waals surface area contributed by atoms with Crippen molar-refractivity contribution >= 4 is 22.5 Å². The highest BCUT2D eigenvalue weighted by molar-refractivity contribution is 6.01. The van der Waals surface area contributed by atoms with Crippen molar-refractivity contribution in [2.24, 2.45) is 5.16 Å². The molecular formula is C16H17NO2. The van der Waals surface area contributed by atoms with Gasteiger partial charge in [-0.1, -0.05) is 48.5 Å². The Morgan fingerprint density at radius 3 is 2.63 bits per heavy atom. The zero-order chi connectivity index (χ0) is 13.7. The summed E-state index contributed by atoms with van der Waals surface area (Å²) in [4.78, 5) is 16.1. The number of benzene rings is 2. The maximum atomic E-state index is 11.3. The molecule has 0 aliphatic rings. The minimum atomic E-state index is -0.289. The largest absolute Gasteiger partial charge is 0.335 e. The van der Waals surface area contributed by atoms with Gasteiger partial charge in [0.1, 0.15) is 0 Å². The van der Waals surface area contributed by atoms with Crippen molar-refractivity contribution in [3.63, 3.8) is 0 Å².